The van der Waals surface area contributed by atoms with Crippen molar-refractivity contribution in [3.63, 3.8) is 0 Å². The molecular weight excluding hydrogens is 274 g/mol. The first-order valence-corrected chi connectivity index (χ1v) is 5.68. The summed E-state index contributed by atoms with van der Waals surface area (Å²) in [6.45, 7) is 1.86. The summed E-state index contributed by atoms with van der Waals surface area (Å²) in [5, 5.41) is 18.4. The highest BCUT2D eigenvalue weighted by Crippen LogP contribution is 2.34. The Morgan fingerprint density at radius 1 is 1.56 bits per heavy atom. The summed E-state index contributed by atoms with van der Waals surface area (Å²) < 4.78 is 0.607. The number of phenolic OH excluding ortho intramolecular Hbond substituents is 1. The van der Waals surface area contributed by atoms with Crippen molar-refractivity contribution >= 4 is 21.9 Å². The van der Waals surface area contributed by atoms with Crippen molar-refractivity contribution in [3.05, 3.63) is 27.7 Å². The standard InChI is InChI=1S/C11H14BrNO3/c1-6-2-3-7(11(16)10(6)12)8(13)4-5-9(14)15/h2-3,8,16H,4-5,13H2,1H3,(H,14,15). The second kappa shape index (κ2) is 5.32. The predicted molar refractivity (Wildman–Crippen MR) is 64.3 cm³/mol. The number of benzene rings is 1. The number of aliphatic carboxylic acids is 1. The maximum Gasteiger partial charge on any atom is 0.303 e. The zero-order chi connectivity index (χ0) is 12.3. The van der Waals surface area contributed by atoms with E-state index in [9.17, 15) is 9.90 Å². The van der Waals surface area contributed by atoms with E-state index in [1.807, 2.05) is 13.0 Å². The third-order valence-electron chi connectivity index (χ3n) is 2.41. The number of halogens is 1. The minimum atomic E-state index is -0.888. The van der Waals surface area contributed by atoms with Gasteiger partial charge in [0.2, 0.25) is 0 Å². The number of carboxylic acid groups (broad SMARTS) is 1. The predicted octanol–water partition coefficient (Wildman–Crippen LogP) is 2.33. The SMILES string of the molecule is Cc1ccc(C(N)CCC(=O)O)c(O)c1Br. The number of carbonyl (C=O) groups is 1. The monoisotopic (exact) mass is 287 g/mol. The maximum atomic E-state index is 10.4. The van der Waals surface area contributed by atoms with Crippen LogP contribution >= 0.6 is 15.9 Å². The lowest BCUT2D eigenvalue weighted by molar-refractivity contribution is -0.137. The molecule has 1 aromatic rings. The van der Waals surface area contributed by atoms with Gasteiger partial charge in [-0.15, -0.1) is 0 Å². The van der Waals surface area contributed by atoms with Crippen LogP contribution in [0.2, 0.25) is 0 Å². The van der Waals surface area contributed by atoms with Crippen LogP contribution in [0.1, 0.15) is 30.0 Å². The lowest BCUT2D eigenvalue weighted by atomic mass is 10.0. The zero-order valence-corrected chi connectivity index (χ0v) is 10.5. The molecule has 0 aromatic heterocycles. The van der Waals surface area contributed by atoms with Crippen LogP contribution in [0.25, 0.3) is 0 Å². The Kier molecular flexibility index (Phi) is 4.32. The smallest absolute Gasteiger partial charge is 0.303 e. The average molecular weight is 288 g/mol. The topological polar surface area (TPSA) is 83.6 Å². The Labute approximate surface area is 102 Å². The van der Waals surface area contributed by atoms with Crippen molar-refractivity contribution in [2.24, 2.45) is 5.73 Å². The molecule has 88 valence electrons. The van der Waals surface area contributed by atoms with Crippen LogP contribution in [0.3, 0.4) is 0 Å². The molecule has 1 atom stereocenters. The molecule has 0 heterocycles. The van der Waals surface area contributed by atoms with Crippen LogP contribution in [0, 0.1) is 6.92 Å². The van der Waals surface area contributed by atoms with E-state index in [0.29, 0.717) is 16.5 Å². The Bertz CT molecular complexity index is 406. The van der Waals surface area contributed by atoms with Gasteiger partial charge in [0.05, 0.1) is 4.47 Å². The fourth-order valence-corrected chi connectivity index (χ4v) is 1.78. The van der Waals surface area contributed by atoms with Gasteiger partial charge in [-0.1, -0.05) is 12.1 Å². The number of rotatable bonds is 4. The summed E-state index contributed by atoms with van der Waals surface area (Å²) in [4.78, 5) is 10.4. The Morgan fingerprint density at radius 2 is 2.19 bits per heavy atom. The lowest BCUT2D eigenvalue weighted by Crippen LogP contribution is -2.12. The molecule has 0 aliphatic carbocycles. The van der Waals surface area contributed by atoms with Gasteiger partial charge in [0.1, 0.15) is 5.75 Å². The largest absolute Gasteiger partial charge is 0.506 e. The molecule has 0 aliphatic rings. The fourth-order valence-electron chi connectivity index (χ4n) is 1.41. The van der Waals surface area contributed by atoms with Crippen molar-refractivity contribution in [2.45, 2.75) is 25.8 Å². The molecule has 0 fully saturated rings. The van der Waals surface area contributed by atoms with Crippen LogP contribution in [-0.2, 0) is 4.79 Å². The molecule has 0 bridgehead atoms. The first-order valence-electron chi connectivity index (χ1n) is 4.88. The highest BCUT2D eigenvalue weighted by molar-refractivity contribution is 9.10. The van der Waals surface area contributed by atoms with Gasteiger partial charge in [-0.25, -0.2) is 0 Å². The van der Waals surface area contributed by atoms with Crippen LogP contribution in [-0.4, -0.2) is 16.2 Å². The summed E-state index contributed by atoms with van der Waals surface area (Å²) in [5.74, 6) is -0.793. The van der Waals surface area contributed by atoms with E-state index in [1.165, 1.54) is 0 Å². The quantitative estimate of drug-likeness (QED) is 0.794. The van der Waals surface area contributed by atoms with Crippen molar-refractivity contribution < 1.29 is 15.0 Å². The van der Waals surface area contributed by atoms with Crippen LogP contribution in [0.15, 0.2) is 16.6 Å². The van der Waals surface area contributed by atoms with Gasteiger partial charge in [-0.05, 0) is 34.8 Å². The van der Waals surface area contributed by atoms with Gasteiger partial charge < -0.3 is 15.9 Å². The minimum Gasteiger partial charge on any atom is -0.506 e. The number of nitrogens with two attached hydrogens (primary N) is 1. The van der Waals surface area contributed by atoms with Gasteiger partial charge in [-0.3, -0.25) is 4.79 Å². The summed E-state index contributed by atoms with van der Waals surface area (Å²) in [7, 11) is 0. The summed E-state index contributed by atoms with van der Waals surface area (Å²) in [6.07, 6.45) is 0.296. The minimum absolute atomic E-state index is 0.00784. The molecule has 0 spiro atoms. The van der Waals surface area contributed by atoms with E-state index in [-0.39, 0.29) is 12.2 Å². The molecule has 1 unspecified atom stereocenters. The molecule has 0 saturated heterocycles. The van der Waals surface area contributed by atoms with Crippen molar-refractivity contribution in [1.82, 2.24) is 0 Å². The summed E-state index contributed by atoms with van der Waals surface area (Å²) >= 11 is 3.26. The highest BCUT2D eigenvalue weighted by atomic mass is 79.9. The van der Waals surface area contributed by atoms with Gasteiger partial charge in [-0.2, -0.15) is 0 Å². The average Bonchev–Trinajstić information content (AvgIpc) is 2.23. The number of hydrogen-bond donors (Lipinski definition) is 3. The van der Waals surface area contributed by atoms with E-state index in [1.54, 1.807) is 6.07 Å². The van der Waals surface area contributed by atoms with E-state index in [2.05, 4.69) is 15.9 Å². The normalized spacial score (nSPS) is 12.4. The first kappa shape index (κ1) is 13.0. The number of hydrogen-bond acceptors (Lipinski definition) is 3. The van der Waals surface area contributed by atoms with E-state index >= 15 is 0 Å². The van der Waals surface area contributed by atoms with Crippen molar-refractivity contribution in [2.75, 3.05) is 0 Å². The molecule has 1 rings (SSSR count). The Morgan fingerprint density at radius 3 is 2.75 bits per heavy atom. The Balaban J connectivity index is 2.87. The molecule has 1 aromatic carbocycles. The lowest BCUT2D eigenvalue weighted by Gasteiger charge is -2.14. The van der Waals surface area contributed by atoms with E-state index < -0.39 is 12.0 Å². The summed E-state index contributed by atoms with van der Waals surface area (Å²) in [5.41, 5.74) is 7.30. The molecule has 5 heteroatoms. The molecule has 0 saturated carbocycles. The summed E-state index contributed by atoms with van der Waals surface area (Å²) in [6, 6.07) is 3.09. The zero-order valence-electron chi connectivity index (χ0n) is 8.90. The molecule has 4 nitrogen and oxygen atoms in total. The van der Waals surface area contributed by atoms with Gasteiger partial charge >= 0.3 is 5.97 Å². The first-order chi connectivity index (χ1) is 7.43. The maximum absolute atomic E-state index is 10.4. The molecular formula is C11H14BrNO3. The fraction of sp³-hybridized carbons (Fsp3) is 0.364. The molecule has 16 heavy (non-hydrogen) atoms. The molecule has 4 N–H and O–H groups in total. The third-order valence-corrected chi connectivity index (χ3v) is 3.41. The second-order valence-corrected chi connectivity index (χ2v) is 4.47. The van der Waals surface area contributed by atoms with Crippen LogP contribution in [0.5, 0.6) is 5.75 Å². The number of aryl methyl sites for hydroxylation is 1. The molecule has 0 amide bonds. The number of phenols is 1. The Hall–Kier alpha value is -1.07. The highest BCUT2D eigenvalue weighted by Gasteiger charge is 2.15. The second-order valence-electron chi connectivity index (χ2n) is 3.67. The molecule has 0 radical (unpaired) electrons. The number of aromatic hydroxyl groups is 1. The van der Waals surface area contributed by atoms with Crippen LogP contribution < -0.4 is 5.73 Å². The van der Waals surface area contributed by atoms with Crippen LogP contribution in [0.4, 0.5) is 0 Å². The van der Waals surface area contributed by atoms with Gasteiger partial charge in [0.25, 0.3) is 0 Å². The van der Waals surface area contributed by atoms with Crippen molar-refractivity contribution in [3.8, 4) is 5.75 Å². The van der Waals surface area contributed by atoms with E-state index in [4.69, 9.17) is 10.8 Å². The van der Waals surface area contributed by atoms with E-state index in [0.717, 1.165) is 5.56 Å². The van der Waals surface area contributed by atoms with Gasteiger partial charge in [0.15, 0.2) is 0 Å². The van der Waals surface area contributed by atoms with Gasteiger partial charge in [0, 0.05) is 18.0 Å². The van der Waals surface area contributed by atoms with Crippen molar-refractivity contribution in [1.29, 1.82) is 0 Å². The molecule has 0 aliphatic heterocycles. The number of carboxylic acids is 1. The third kappa shape index (κ3) is 2.96.